The molecular weight excluding hydrogens is 235 g/mol. The first-order valence-corrected chi connectivity index (χ1v) is 9.75. The molecule has 0 bridgehead atoms. The van der Waals surface area contributed by atoms with Crippen LogP contribution in [0.25, 0.3) is 0 Å². The van der Waals surface area contributed by atoms with Gasteiger partial charge in [-0.3, -0.25) is 0 Å². The normalized spacial score (nSPS) is 15.6. The van der Waals surface area contributed by atoms with Crippen LogP contribution in [0.3, 0.4) is 0 Å². The first kappa shape index (κ1) is 12.9. The summed E-state index contributed by atoms with van der Waals surface area (Å²) in [5.74, 6) is 0. The van der Waals surface area contributed by atoms with E-state index in [2.05, 4.69) is 36.3 Å². The van der Waals surface area contributed by atoms with Gasteiger partial charge in [-0.15, -0.1) is 0 Å². The van der Waals surface area contributed by atoms with Crippen molar-refractivity contribution in [2.45, 2.75) is 20.8 Å². The molecule has 0 aliphatic rings. The van der Waals surface area contributed by atoms with Crippen molar-refractivity contribution in [3.05, 3.63) is 0 Å². The van der Waals surface area contributed by atoms with Gasteiger partial charge in [0.25, 0.3) is 0 Å². The summed E-state index contributed by atoms with van der Waals surface area (Å²) in [6, 6.07) is 0. The van der Waals surface area contributed by atoms with Gasteiger partial charge in [-0.25, -0.2) is 0 Å². The van der Waals surface area contributed by atoms with Crippen LogP contribution in [0.5, 0.6) is 0 Å². The second kappa shape index (κ2) is 4.93. The van der Waals surface area contributed by atoms with E-state index >= 15 is 0 Å². The van der Waals surface area contributed by atoms with Crippen LogP contribution in [-0.2, 0) is 4.74 Å². The molecule has 0 aromatic carbocycles. The molecular formula is C9H22BrOP. The van der Waals surface area contributed by atoms with Crippen LogP contribution in [0, 0.1) is 0 Å². The molecule has 0 saturated carbocycles. The van der Waals surface area contributed by atoms with Gasteiger partial charge < -0.3 is 0 Å². The van der Waals surface area contributed by atoms with Crippen molar-refractivity contribution in [1.29, 1.82) is 0 Å². The van der Waals surface area contributed by atoms with Crippen molar-refractivity contribution in [1.82, 2.24) is 0 Å². The molecule has 0 atom stereocenters. The van der Waals surface area contributed by atoms with Crippen LogP contribution in [0.4, 0.5) is 0 Å². The van der Waals surface area contributed by atoms with Crippen LogP contribution >= 0.6 is 20.8 Å². The van der Waals surface area contributed by atoms with Gasteiger partial charge in [-0.1, -0.05) is 0 Å². The molecule has 0 spiro atoms. The maximum absolute atomic E-state index is 5.17. The Hall–Kier alpha value is 0.870. The molecule has 1 nitrogen and oxygen atoms in total. The Labute approximate surface area is 84.9 Å². The quantitative estimate of drug-likeness (QED) is 0.661. The zero-order chi connectivity index (χ0) is 9.69. The summed E-state index contributed by atoms with van der Waals surface area (Å²) >= 11 is 4.04. The number of ether oxygens (including phenoxy) is 1. The van der Waals surface area contributed by atoms with Gasteiger partial charge in [0.15, 0.2) is 0 Å². The third-order valence-electron chi connectivity index (χ3n) is 3.23. The Kier molecular flexibility index (Phi) is 5.29. The molecule has 12 heavy (non-hydrogen) atoms. The van der Waals surface area contributed by atoms with Gasteiger partial charge in [0.2, 0.25) is 0 Å². The van der Waals surface area contributed by atoms with E-state index in [1.165, 1.54) is 24.6 Å². The van der Waals surface area contributed by atoms with Crippen LogP contribution in [-0.4, -0.2) is 38.4 Å². The van der Waals surface area contributed by atoms with Crippen molar-refractivity contribution >= 4 is 20.8 Å². The summed E-state index contributed by atoms with van der Waals surface area (Å²) < 4.78 is 5.17. The Morgan fingerprint density at radius 1 is 1.08 bits per heavy atom. The zero-order valence-corrected chi connectivity index (χ0v) is 11.2. The van der Waals surface area contributed by atoms with Crippen LogP contribution in [0.2, 0.25) is 0 Å². The standard InChI is InChI=1S/C9H22BrOP/c1-5-12(10,6-2,7-3)9-8-11-4/h5-9H2,1-4H3. The fraction of sp³-hybridized carbons (Fsp3) is 1.00. The minimum absolute atomic E-state index is 0.901. The van der Waals surface area contributed by atoms with E-state index in [9.17, 15) is 0 Å². The second-order valence-corrected chi connectivity index (χ2v) is 15.5. The molecule has 0 aromatic rings. The Morgan fingerprint density at radius 3 is 1.75 bits per heavy atom. The first-order chi connectivity index (χ1) is 5.54. The first-order valence-electron chi connectivity index (χ1n) is 4.75. The summed E-state index contributed by atoms with van der Waals surface area (Å²) in [5, 5.41) is -1.52. The van der Waals surface area contributed by atoms with Crippen LogP contribution in [0.15, 0.2) is 0 Å². The molecule has 0 aliphatic heterocycles. The molecule has 0 N–H and O–H groups in total. The van der Waals surface area contributed by atoms with Crippen molar-refractivity contribution < 1.29 is 4.74 Å². The molecule has 0 saturated heterocycles. The van der Waals surface area contributed by atoms with Crippen molar-refractivity contribution in [2.24, 2.45) is 0 Å². The Balaban J connectivity index is 4.35. The third-order valence-corrected chi connectivity index (χ3v) is 14.8. The van der Waals surface area contributed by atoms with Crippen molar-refractivity contribution in [2.75, 3.05) is 38.4 Å². The fourth-order valence-corrected chi connectivity index (χ4v) is 4.83. The Morgan fingerprint density at radius 2 is 1.50 bits per heavy atom. The molecule has 0 rings (SSSR count). The molecule has 0 unspecified atom stereocenters. The van der Waals surface area contributed by atoms with E-state index in [0.717, 1.165) is 6.61 Å². The van der Waals surface area contributed by atoms with E-state index < -0.39 is 5.31 Å². The maximum atomic E-state index is 5.17. The third kappa shape index (κ3) is 2.97. The van der Waals surface area contributed by atoms with E-state index in [-0.39, 0.29) is 0 Å². The fourth-order valence-electron chi connectivity index (χ4n) is 1.46. The average Bonchev–Trinajstić information content (AvgIpc) is 2.15. The van der Waals surface area contributed by atoms with Crippen LogP contribution in [0.1, 0.15) is 20.8 Å². The SMILES string of the molecule is CCP(Br)(CC)(CC)CCOC. The summed E-state index contributed by atoms with van der Waals surface area (Å²) in [6.45, 7) is 7.80. The average molecular weight is 257 g/mol. The topological polar surface area (TPSA) is 9.23 Å². The molecule has 3 heteroatoms. The van der Waals surface area contributed by atoms with E-state index in [1.807, 2.05) is 0 Å². The van der Waals surface area contributed by atoms with E-state index in [0.29, 0.717) is 0 Å². The van der Waals surface area contributed by atoms with Gasteiger partial charge in [-0.2, -0.15) is 0 Å². The van der Waals surface area contributed by atoms with Crippen molar-refractivity contribution in [3.63, 3.8) is 0 Å². The molecule has 0 aliphatic carbocycles. The number of hydrogen-bond acceptors (Lipinski definition) is 1. The molecule has 0 fully saturated rings. The van der Waals surface area contributed by atoms with Gasteiger partial charge >= 0.3 is 84.7 Å². The van der Waals surface area contributed by atoms with E-state index in [4.69, 9.17) is 4.74 Å². The molecule has 0 amide bonds. The summed E-state index contributed by atoms with van der Waals surface area (Å²) in [5.41, 5.74) is 0. The van der Waals surface area contributed by atoms with Crippen LogP contribution < -0.4 is 0 Å². The molecule has 0 heterocycles. The number of rotatable bonds is 6. The number of hydrogen-bond donors (Lipinski definition) is 0. The van der Waals surface area contributed by atoms with Gasteiger partial charge in [-0.05, 0) is 0 Å². The second-order valence-electron chi connectivity index (χ2n) is 3.48. The predicted molar refractivity (Wildman–Crippen MR) is 64.2 cm³/mol. The van der Waals surface area contributed by atoms with Gasteiger partial charge in [0.05, 0.1) is 0 Å². The van der Waals surface area contributed by atoms with Crippen molar-refractivity contribution in [3.8, 4) is 0 Å². The molecule has 0 radical (unpaired) electrons. The molecule has 76 valence electrons. The monoisotopic (exact) mass is 256 g/mol. The minimum atomic E-state index is -1.52. The summed E-state index contributed by atoms with van der Waals surface area (Å²) in [4.78, 5) is 0. The predicted octanol–water partition coefficient (Wildman–Crippen LogP) is 3.56. The van der Waals surface area contributed by atoms with E-state index in [1.54, 1.807) is 7.11 Å². The summed E-state index contributed by atoms with van der Waals surface area (Å²) in [6.07, 6.45) is 5.11. The molecule has 0 aromatic heterocycles. The number of halogens is 1. The zero-order valence-electron chi connectivity index (χ0n) is 8.77. The summed E-state index contributed by atoms with van der Waals surface area (Å²) in [7, 11) is 1.79. The van der Waals surface area contributed by atoms with Gasteiger partial charge in [0, 0.05) is 0 Å². The van der Waals surface area contributed by atoms with Gasteiger partial charge in [0.1, 0.15) is 0 Å². The Bertz CT molecular complexity index is 123. The number of methoxy groups -OCH3 is 1.